The number of hydrogen-bond acceptors (Lipinski definition) is 5. The summed E-state index contributed by atoms with van der Waals surface area (Å²) in [5.74, 6) is 0.748. The Labute approximate surface area is 129 Å². The Hall–Kier alpha value is -1.59. The van der Waals surface area contributed by atoms with E-state index in [2.05, 4.69) is 0 Å². The molecule has 5 nitrogen and oxygen atoms in total. The van der Waals surface area contributed by atoms with Crippen LogP contribution in [0.4, 0.5) is 0 Å². The maximum absolute atomic E-state index is 11.9. The van der Waals surface area contributed by atoms with E-state index < -0.39 is 0 Å². The highest BCUT2D eigenvalue weighted by Gasteiger charge is 2.63. The van der Waals surface area contributed by atoms with E-state index in [4.69, 9.17) is 18.9 Å². The molecular formula is C17H20O5. The molecule has 2 fully saturated rings. The van der Waals surface area contributed by atoms with E-state index in [0.29, 0.717) is 13.2 Å². The van der Waals surface area contributed by atoms with Crippen LogP contribution >= 0.6 is 0 Å². The van der Waals surface area contributed by atoms with Crippen molar-refractivity contribution in [1.29, 1.82) is 0 Å². The minimum absolute atomic E-state index is 0.0438. The summed E-state index contributed by atoms with van der Waals surface area (Å²) >= 11 is 0. The molecule has 1 aromatic carbocycles. The van der Waals surface area contributed by atoms with Gasteiger partial charge in [0.2, 0.25) is 0 Å². The second-order valence-corrected chi connectivity index (χ2v) is 6.08. The number of ether oxygens (including phenoxy) is 4. The van der Waals surface area contributed by atoms with E-state index in [1.165, 1.54) is 0 Å². The van der Waals surface area contributed by atoms with Crippen LogP contribution in [0.25, 0.3) is 0 Å². The number of benzene rings is 1. The van der Waals surface area contributed by atoms with Crippen molar-refractivity contribution in [3.05, 3.63) is 29.3 Å². The first kappa shape index (κ1) is 14.0. The lowest BCUT2D eigenvalue weighted by molar-refractivity contribution is -0.145. The number of carbonyl (C=O) groups excluding carboxylic acids is 1. The minimum atomic E-state index is -0.149. The van der Waals surface area contributed by atoms with Crippen LogP contribution in [0.15, 0.2) is 18.2 Å². The van der Waals surface area contributed by atoms with Gasteiger partial charge in [-0.2, -0.15) is 0 Å². The zero-order chi connectivity index (χ0) is 15.3. The van der Waals surface area contributed by atoms with Crippen LogP contribution in [0.1, 0.15) is 37.0 Å². The summed E-state index contributed by atoms with van der Waals surface area (Å²) in [6.07, 6.45) is 0.147. The second kappa shape index (κ2) is 5.25. The Morgan fingerprint density at radius 2 is 2.27 bits per heavy atom. The molecule has 0 aromatic heterocycles. The van der Waals surface area contributed by atoms with Crippen molar-refractivity contribution in [3.8, 4) is 5.75 Å². The first-order valence-electron chi connectivity index (χ1n) is 7.90. The van der Waals surface area contributed by atoms with E-state index in [1.54, 1.807) is 0 Å². The van der Waals surface area contributed by atoms with Crippen LogP contribution in [0.2, 0.25) is 0 Å². The first-order chi connectivity index (χ1) is 10.7. The van der Waals surface area contributed by atoms with Crippen molar-refractivity contribution in [1.82, 2.24) is 0 Å². The summed E-state index contributed by atoms with van der Waals surface area (Å²) in [6, 6.07) is 6.08. The Bertz CT molecular complexity index is 595. The van der Waals surface area contributed by atoms with Gasteiger partial charge in [-0.25, -0.2) is 0 Å². The fourth-order valence-electron chi connectivity index (χ4n) is 3.25. The van der Waals surface area contributed by atoms with Gasteiger partial charge < -0.3 is 18.9 Å². The van der Waals surface area contributed by atoms with E-state index in [1.807, 2.05) is 32.0 Å². The Morgan fingerprint density at radius 3 is 3.00 bits per heavy atom. The number of para-hydroxylation sites is 1. The number of hydrogen-bond donors (Lipinski definition) is 0. The lowest BCUT2D eigenvalue weighted by Crippen LogP contribution is -2.14. The molecule has 2 heterocycles. The van der Waals surface area contributed by atoms with Crippen molar-refractivity contribution >= 4 is 5.97 Å². The Kier molecular flexibility index (Phi) is 3.35. The fraction of sp³-hybridized carbons (Fsp3) is 0.588. The van der Waals surface area contributed by atoms with Gasteiger partial charge in [-0.05, 0) is 13.8 Å². The van der Waals surface area contributed by atoms with E-state index in [-0.39, 0.29) is 36.1 Å². The molecule has 118 valence electrons. The molecule has 0 N–H and O–H groups in total. The number of epoxide rings is 1. The Balaban J connectivity index is 1.49. The van der Waals surface area contributed by atoms with Gasteiger partial charge in [-0.3, -0.25) is 4.79 Å². The van der Waals surface area contributed by atoms with Crippen molar-refractivity contribution in [2.24, 2.45) is 5.92 Å². The quantitative estimate of drug-likeness (QED) is 0.595. The van der Waals surface area contributed by atoms with Crippen molar-refractivity contribution < 1.29 is 23.7 Å². The molecule has 0 amide bonds. The molecule has 1 saturated carbocycles. The predicted molar refractivity (Wildman–Crippen MR) is 77.8 cm³/mol. The molecule has 0 radical (unpaired) electrons. The van der Waals surface area contributed by atoms with Gasteiger partial charge >= 0.3 is 5.97 Å². The minimum Gasteiger partial charge on any atom is -0.488 e. The lowest BCUT2D eigenvalue weighted by atomic mass is 10.0. The molecule has 1 aliphatic carbocycles. The summed E-state index contributed by atoms with van der Waals surface area (Å²) in [5, 5.41) is 0. The maximum Gasteiger partial charge on any atom is 0.313 e. The third-order valence-corrected chi connectivity index (χ3v) is 4.57. The van der Waals surface area contributed by atoms with Gasteiger partial charge in [-0.1, -0.05) is 18.2 Å². The summed E-state index contributed by atoms with van der Waals surface area (Å²) in [6.45, 7) is 5.67. The molecule has 5 unspecified atom stereocenters. The van der Waals surface area contributed by atoms with Crippen molar-refractivity contribution in [2.45, 2.75) is 38.1 Å². The van der Waals surface area contributed by atoms with Gasteiger partial charge in [0.05, 0.1) is 25.9 Å². The van der Waals surface area contributed by atoms with Gasteiger partial charge in [0.1, 0.15) is 23.9 Å². The highest BCUT2D eigenvalue weighted by Crippen LogP contribution is 2.60. The topological polar surface area (TPSA) is 57.3 Å². The number of rotatable bonds is 6. The molecule has 2 aliphatic heterocycles. The monoisotopic (exact) mass is 304 g/mol. The molecule has 3 aliphatic rings. The highest BCUT2D eigenvalue weighted by molar-refractivity contribution is 5.81. The van der Waals surface area contributed by atoms with Gasteiger partial charge in [0.15, 0.2) is 0 Å². The smallest absolute Gasteiger partial charge is 0.313 e. The maximum atomic E-state index is 11.9. The zero-order valence-electron chi connectivity index (χ0n) is 12.8. The van der Waals surface area contributed by atoms with E-state index in [9.17, 15) is 4.79 Å². The van der Waals surface area contributed by atoms with E-state index >= 15 is 0 Å². The standard InChI is InChI=1S/C17H20O5/c1-3-19-17(18)14-13-12-6-4-5-11(15(12)22-16(13)14)9(2)20-7-10-8-21-10/h4-6,9-10,13-14,16H,3,7-8H2,1-2H3. The van der Waals surface area contributed by atoms with Crippen LogP contribution in [-0.4, -0.2) is 38.0 Å². The molecule has 22 heavy (non-hydrogen) atoms. The lowest BCUT2D eigenvalue weighted by Gasteiger charge is -2.18. The van der Waals surface area contributed by atoms with Gasteiger partial charge in [0.25, 0.3) is 0 Å². The predicted octanol–water partition coefficient (Wildman–Crippen LogP) is 2.20. The van der Waals surface area contributed by atoms with Crippen molar-refractivity contribution in [2.75, 3.05) is 19.8 Å². The SMILES string of the molecule is CCOC(=O)C1C2Oc3c(C(C)OCC4CO4)cccc3C21. The molecule has 0 spiro atoms. The molecule has 5 atom stereocenters. The van der Waals surface area contributed by atoms with Crippen LogP contribution in [0, 0.1) is 5.92 Å². The number of fused-ring (bicyclic) bond motifs is 3. The molecular weight excluding hydrogens is 284 g/mol. The highest BCUT2D eigenvalue weighted by atomic mass is 16.6. The van der Waals surface area contributed by atoms with Crippen LogP contribution in [0.3, 0.4) is 0 Å². The normalized spacial score (nSPS) is 31.7. The average Bonchev–Trinajstić information content (AvgIpc) is 3.42. The largest absolute Gasteiger partial charge is 0.488 e. The molecule has 4 rings (SSSR count). The summed E-state index contributed by atoms with van der Waals surface area (Å²) < 4.78 is 22.1. The number of carbonyl (C=O) groups is 1. The third kappa shape index (κ3) is 2.29. The molecule has 1 aromatic rings. The second-order valence-electron chi connectivity index (χ2n) is 6.08. The molecule has 0 bridgehead atoms. The summed E-state index contributed by atoms with van der Waals surface area (Å²) in [5.41, 5.74) is 2.16. The Morgan fingerprint density at radius 1 is 1.45 bits per heavy atom. The third-order valence-electron chi connectivity index (χ3n) is 4.57. The average molecular weight is 304 g/mol. The summed E-state index contributed by atoms with van der Waals surface area (Å²) in [7, 11) is 0. The van der Waals surface area contributed by atoms with Gasteiger partial charge in [-0.15, -0.1) is 0 Å². The van der Waals surface area contributed by atoms with Crippen LogP contribution < -0.4 is 4.74 Å². The zero-order valence-corrected chi connectivity index (χ0v) is 12.8. The fourth-order valence-corrected chi connectivity index (χ4v) is 3.25. The number of esters is 1. The van der Waals surface area contributed by atoms with Gasteiger partial charge in [0, 0.05) is 17.0 Å². The molecule has 5 heteroatoms. The van der Waals surface area contributed by atoms with Crippen molar-refractivity contribution in [3.63, 3.8) is 0 Å². The van der Waals surface area contributed by atoms with Crippen LogP contribution in [-0.2, 0) is 19.0 Å². The summed E-state index contributed by atoms with van der Waals surface area (Å²) in [4.78, 5) is 11.9. The van der Waals surface area contributed by atoms with Crippen LogP contribution in [0.5, 0.6) is 5.75 Å². The molecule has 1 saturated heterocycles. The first-order valence-corrected chi connectivity index (χ1v) is 7.90. The van der Waals surface area contributed by atoms with E-state index in [0.717, 1.165) is 23.5 Å².